The van der Waals surface area contributed by atoms with Crippen LogP contribution in [0.4, 0.5) is 0 Å². The van der Waals surface area contributed by atoms with E-state index in [2.05, 4.69) is 47.4 Å². The molecular formula is C30H42N2O2. The predicted molar refractivity (Wildman–Crippen MR) is 139 cm³/mol. The van der Waals surface area contributed by atoms with Gasteiger partial charge in [0.15, 0.2) is 0 Å². The lowest BCUT2D eigenvalue weighted by Crippen LogP contribution is -2.50. The van der Waals surface area contributed by atoms with Gasteiger partial charge in [0.2, 0.25) is 0 Å². The number of carboxylic acid groups (broad SMARTS) is 1. The van der Waals surface area contributed by atoms with Crippen LogP contribution in [0.5, 0.6) is 0 Å². The molecule has 2 saturated carbocycles. The van der Waals surface area contributed by atoms with E-state index in [1.54, 1.807) is 0 Å². The molecule has 0 amide bonds. The highest BCUT2D eigenvalue weighted by Crippen LogP contribution is 2.58. The average Bonchev–Trinajstić information content (AvgIpc) is 3.25. The zero-order valence-corrected chi connectivity index (χ0v) is 20.6. The van der Waals surface area contributed by atoms with Gasteiger partial charge in [-0.05, 0) is 78.7 Å². The van der Waals surface area contributed by atoms with Gasteiger partial charge < -0.3 is 10.8 Å². The number of hydrogen-bond acceptors (Lipinski definition) is 3. The number of aliphatic carboxylic acids is 1. The van der Waals surface area contributed by atoms with Gasteiger partial charge in [0.05, 0.1) is 0 Å². The maximum Gasteiger partial charge on any atom is 0.320 e. The molecular weight excluding hydrogens is 420 g/mol. The number of carboxylic acids is 1. The van der Waals surface area contributed by atoms with Crippen LogP contribution >= 0.6 is 0 Å². The summed E-state index contributed by atoms with van der Waals surface area (Å²) < 4.78 is 0. The van der Waals surface area contributed by atoms with Crippen LogP contribution in [-0.2, 0) is 11.3 Å². The van der Waals surface area contributed by atoms with Gasteiger partial charge in [-0.3, -0.25) is 9.69 Å². The fourth-order valence-electron chi connectivity index (χ4n) is 7.85. The van der Waals surface area contributed by atoms with Crippen LogP contribution in [0.1, 0.15) is 82.6 Å². The molecule has 1 aliphatic heterocycles. The molecule has 1 heterocycles. The Bertz CT molecular complexity index is 975. The normalized spacial score (nSPS) is 31.5. The molecule has 0 spiro atoms. The van der Waals surface area contributed by atoms with E-state index in [-0.39, 0.29) is 5.41 Å². The molecule has 0 bridgehead atoms. The summed E-state index contributed by atoms with van der Waals surface area (Å²) in [6.45, 7) is 1.44. The molecule has 3 aliphatic rings. The Hall–Kier alpha value is -1.91. The number of likely N-dealkylation sites (tertiary alicyclic amines) is 1. The summed E-state index contributed by atoms with van der Waals surface area (Å²) in [6, 6.07) is 14.9. The van der Waals surface area contributed by atoms with Crippen molar-refractivity contribution in [3.8, 4) is 0 Å². The zero-order chi connectivity index (χ0) is 23.5. The van der Waals surface area contributed by atoms with E-state index < -0.39 is 12.0 Å². The monoisotopic (exact) mass is 462 g/mol. The van der Waals surface area contributed by atoms with Crippen molar-refractivity contribution in [2.24, 2.45) is 23.0 Å². The first-order valence-electron chi connectivity index (χ1n) is 13.8. The number of fused-ring (bicyclic) bond motifs is 2. The van der Waals surface area contributed by atoms with Gasteiger partial charge >= 0.3 is 5.97 Å². The minimum atomic E-state index is -0.638. The lowest BCUT2D eigenvalue weighted by atomic mass is 9.58. The minimum Gasteiger partial charge on any atom is -0.480 e. The van der Waals surface area contributed by atoms with Crippen molar-refractivity contribution in [3.05, 3.63) is 48.0 Å². The molecule has 5 rings (SSSR count). The SMILES string of the molecule is NCC1CCC2(C3CCCCCCCC3)CC(C(=O)O)N(Cc3cccc4ccccc34)C2C1. The van der Waals surface area contributed by atoms with Gasteiger partial charge in [-0.25, -0.2) is 0 Å². The second-order valence-corrected chi connectivity index (χ2v) is 11.4. The van der Waals surface area contributed by atoms with Crippen molar-refractivity contribution in [2.45, 2.75) is 95.7 Å². The van der Waals surface area contributed by atoms with Crippen LogP contribution in [0, 0.1) is 17.3 Å². The Morgan fingerprint density at radius 1 is 0.971 bits per heavy atom. The van der Waals surface area contributed by atoms with Crippen LogP contribution in [0.15, 0.2) is 42.5 Å². The van der Waals surface area contributed by atoms with Crippen molar-refractivity contribution >= 4 is 16.7 Å². The summed E-state index contributed by atoms with van der Waals surface area (Å²) in [5, 5.41) is 12.9. The van der Waals surface area contributed by atoms with E-state index in [4.69, 9.17) is 5.73 Å². The van der Waals surface area contributed by atoms with E-state index in [9.17, 15) is 9.90 Å². The first-order valence-corrected chi connectivity index (χ1v) is 13.8. The topological polar surface area (TPSA) is 66.6 Å². The smallest absolute Gasteiger partial charge is 0.320 e. The third-order valence-corrected chi connectivity index (χ3v) is 9.63. The number of carbonyl (C=O) groups is 1. The standard InChI is InChI=1S/C30H42N2O2/c31-20-22-16-17-30(25-13-5-3-1-2-4-6-14-25)19-27(29(33)34)32(28(30)18-22)21-24-12-9-11-23-10-7-8-15-26(23)24/h7-12,15,22,25,27-28H,1-6,13-14,16-21,31H2,(H,33,34). The first-order chi connectivity index (χ1) is 16.6. The molecule has 0 aromatic heterocycles. The Morgan fingerprint density at radius 3 is 2.41 bits per heavy atom. The summed E-state index contributed by atoms with van der Waals surface area (Å²) in [7, 11) is 0. The van der Waals surface area contributed by atoms with Crippen LogP contribution in [-0.4, -0.2) is 34.6 Å². The molecule has 34 heavy (non-hydrogen) atoms. The number of rotatable bonds is 5. The molecule has 184 valence electrons. The molecule has 2 aliphatic carbocycles. The Balaban J connectivity index is 1.52. The highest BCUT2D eigenvalue weighted by molar-refractivity contribution is 5.85. The third-order valence-electron chi connectivity index (χ3n) is 9.63. The van der Waals surface area contributed by atoms with E-state index in [1.807, 2.05) is 0 Å². The van der Waals surface area contributed by atoms with Crippen LogP contribution in [0.25, 0.3) is 10.8 Å². The Labute approximate surface area is 204 Å². The maximum absolute atomic E-state index is 12.7. The van der Waals surface area contributed by atoms with Gasteiger partial charge in [0, 0.05) is 12.6 Å². The van der Waals surface area contributed by atoms with Crippen molar-refractivity contribution in [3.63, 3.8) is 0 Å². The summed E-state index contributed by atoms with van der Waals surface area (Å²) in [4.78, 5) is 15.1. The van der Waals surface area contributed by atoms with E-state index in [0.717, 1.165) is 38.8 Å². The molecule has 4 unspecified atom stereocenters. The molecule has 4 nitrogen and oxygen atoms in total. The second-order valence-electron chi connectivity index (χ2n) is 11.4. The van der Waals surface area contributed by atoms with Gasteiger partial charge in [0.25, 0.3) is 0 Å². The van der Waals surface area contributed by atoms with Crippen molar-refractivity contribution < 1.29 is 9.90 Å². The molecule has 0 radical (unpaired) electrons. The minimum absolute atomic E-state index is 0.129. The number of hydrogen-bond donors (Lipinski definition) is 2. The van der Waals surface area contributed by atoms with Crippen LogP contribution in [0.3, 0.4) is 0 Å². The summed E-state index contributed by atoms with van der Waals surface area (Å²) >= 11 is 0. The van der Waals surface area contributed by atoms with E-state index in [0.29, 0.717) is 17.9 Å². The summed E-state index contributed by atoms with van der Waals surface area (Å²) in [5.74, 6) is 0.520. The molecule has 4 atom stereocenters. The summed E-state index contributed by atoms with van der Waals surface area (Å²) in [6.07, 6.45) is 14.8. The predicted octanol–water partition coefficient (Wildman–Crippen LogP) is 6.36. The molecule has 2 aromatic carbocycles. The number of benzene rings is 2. The maximum atomic E-state index is 12.7. The van der Waals surface area contributed by atoms with Crippen molar-refractivity contribution in [1.29, 1.82) is 0 Å². The zero-order valence-electron chi connectivity index (χ0n) is 20.6. The fraction of sp³-hybridized carbons (Fsp3) is 0.633. The third kappa shape index (κ3) is 4.52. The Kier molecular flexibility index (Phi) is 7.27. The largest absolute Gasteiger partial charge is 0.480 e. The lowest BCUT2D eigenvalue weighted by molar-refractivity contribution is -0.143. The van der Waals surface area contributed by atoms with Crippen LogP contribution in [0.2, 0.25) is 0 Å². The average molecular weight is 463 g/mol. The van der Waals surface area contributed by atoms with Crippen molar-refractivity contribution in [2.75, 3.05) is 6.54 Å². The molecule has 3 N–H and O–H groups in total. The molecule has 4 heteroatoms. The van der Waals surface area contributed by atoms with E-state index >= 15 is 0 Å². The van der Waals surface area contributed by atoms with Gasteiger partial charge in [-0.1, -0.05) is 81.0 Å². The lowest BCUT2D eigenvalue weighted by Gasteiger charge is -2.49. The molecule has 3 fully saturated rings. The summed E-state index contributed by atoms with van der Waals surface area (Å²) in [5.41, 5.74) is 7.59. The van der Waals surface area contributed by atoms with Crippen LogP contribution < -0.4 is 5.73 Å². The van der Waals surface area contributed by atoms with Gasteiger partial charge in [-0.2, -0.15) is 0 Å². The second kappa shape index (κ2) is 10.4. The Morgan fingerprint density at radius 2 is 1.68 bits per heavy atom. The number of nitrogens with zero attached hydrogens (tertiary/aromatic N) is 1. The highest BCUT2D eigenvalue weighted by Gasteiger charge is 2.58. The number of nitrogens with two attached hydrogens (primary N) is 1. The van der Waals surface area contributed by atoms with E-state index in [1.165, 1.54) is 67.7 Å². The quantitative estimate of drug-likeness (QED) is 0.542. The fourth-order valence-corrected chi connectivity index (χ4v) is 7.85. The van der Waals surface area contributed by atoms with Crippen molar-refractivity contribution in [1.82, 2.24) is 4.90 Å². The molecule has 1 saturated heterocycles. The van der Waals surface area contributed by atoms with Gasteiger partial charge in [-0.15, -0.1) is 0 Å². The first kappa shape index (κ1) is 23.8. The van der Waals surface area contributed by atoms with Gasteiger partial charge in [0.1, 0.15) is 6.04 Å². The highest BCUT2D eigenvalue weighted by atomic mass is 16.4. The molecule has 2 aromatic rings.